The second kappa shape index (κ2) is 8.99. The Hall–Kier alpha value is -3.14. The van der Waals surface area contributed by atoms with Crippen molar-refractivity contribution in [2.24, 2.45) is 0 Å². The number of nitrogens with zero attached hydrogens (tertiary/aromatic N) is 2. The summed E-state index contributed by atoms with van der Waals surface area (Å²) >= 11 is 0. The summed E-state index contributed by atoms with van der Waals surface area (Å²) < 4.78 is 5.64. The van der Waals surface area contributed by atoms with Crippen molar-refractivity contribution in [3.8, 4) is 5.75 Å². The van der Waals surface area contributed by atoms with Gasteiger partial charge in [0.05, 0.1) is 6.54 Å². The fourth-order valence-corrected chi connectivity index (χ4v) is 2.74. The minimum Gasteiger partial charge on any atom is -0.484 e. The van der Waals surface area contributed by atoms with E-state index in [9.17, 15) is 4.79 Å². The number of aromatic nitrogens is 1. The highest BCUT2D eigenvalue weighted by Crippen LogP contribution is 2.19. The monoisotopic (exact) mass is 360 g/mol. The van der Waals surface area contributed by atoms with Gasteiger partial charge in [0.2, 0.25) is 0 Å². The van der Waals surface area contributed by atoms with Gasteiger partial charge in [-0.1, -0.05) is 62.4 Å². The van der Waals surface area contributed by atoms with Gasteiger partial charge in [-0.05, 0) is 41.3 Å². The SMILES string of the molecule is CC(C)c1ccc(CN(C(=O)COc2ccccc2)c2ccccn2)cc1. The van der Waals surface area contributed by atoms with Gasteiger partial charge in [0, 0.05) is 6.20 Å². The standard InChI is InChI=1S/C23H24N2O2/c1-18(2)20-13-11-19(12-14-20)16-25(22-10-6-7-15-24-22)23(26)17-27-21-8-4-3-5-9-21/h3-15,18H,16-17H2,1-2H3. The molecule has 138 valence electrons. The van der Waals surface area contributed by atoms with Crippen LogP contribution >= 0.6 is 0 Å². The van der Waals surface area contributed by atoms with E-state index >= 15 is 0 Å². The van der Waals surface area contributed by atoms with Crippen LogP contribution in [0.2, 0.25) is 0 Å². The minimum atomic E-state index is -0.134. The largest absolute Gasteiger partial charge is 0.484 e. The molecule has 4 nitrogen and oxygen atoms in total. The zero-order valence-electron chi connectivity index (χ0n) is 15.7. The van der Waals surface area contributed by atoms with Crippen LogP contribution in [0.4, 0.5) is 5.82 Å². The maximum absolute atomic E-state index is 12.9. The van der Waals surface area contributed by atoms with Crippen LogP contribution in [0.3, 0.4) is 0 Å². The molecule has 0 aliphatic rings. The van der Waals surface area contributed by atoms with Crippen LogP contribution in [0.25, 0.3) is 0 Å². The fraction of sp³-hybridized carbons (Fsp3) is 0.217. The highest BCUT2D eigenvalue weighted by Gasteiger charge is 2.18. The van der Waals surface area contributed by atoms with Gasteiger partial charge in [0.1, 0.15) is 11.6 Å². The van der Waals surface area contributed by atoms with Crippen LogP contribution in [0.15, 0.2) is 79.0 Å². The van der Waals surface area contributed by atoms with E-state index in [-0.39, 0.29) is 12.5 Å². The predicted molar refractivity (Wildman–Crippen MR) is 108 cm³/mol. The maximum Gasteiger partial charge on any atom is 0.266 e. The summed E-state index contributed by atoms with van der Waals surface area (Å²) in [4.78, 5) is 18.9. The normalized spacial score (nSPS) is 10.6. The minimum absolute atomic E-state index is 0.0370. The number of hydrogen-bond donors (Lipinski definition) is 0. The van der Waals surface area contributed by atoms with Crippen LogP contribution < -0.4 is 9.64 Å². The number of para-hydroxylation sites is 1. The van der Waals surface area contributed by atoms with Gasteiger partial charge in [-0.2, -0.15) is 0 Å². The van der Waals surface area contributed by atoms with Gasteiger partial charge in [-0.25, -0.2) is 4.98 Å². The van der Waals surface area contributed by atoms with E-state index in [1.807, 2.05) is 48.5 Å². The molecule has 0 aliphatic carbocycles. The lowest BCUT2D eigenvalue weighted by Gasteiger charge is -2.22. The van der Waals surface area contributed by atoms with E-state index in [4.69, 9.17) is 4.74 Å². The third-order valence-corrected chi connectivity index (χ3v) is 4.32. The van der Waals surface area contributed by atoms with Gasteiger partial charge in [0.25, 0.3) is 5.91 Å². The van der Waals surface area contributed by atoms with Crippen LogP contribution in [0, 0.1) is 0 Å². The van der Waals surface area contributed by atoms with Gasteiger partial charge in [0.15, 0.2) is 6.61 Å². The lowest BCUT2D eigenvalue weighted by atomic mass is 10.0. The summed E-state index contributed by atoms with van der Waals surface area (Å²) in [5.41, 5.74) is 2.33. The molecule has 1 heterocycles. The fourth-order valence-electron chi connectivity index (χ4n) is 2.74. The van der Waals surface area contributed by atoms with Crippen LogP contribution in [0.1, 0.15) is 30.9 Å². The van der Waals surface area contributed by atoms with E-state index in [1.54, 1.807) is 11.1 Å². The maximum atomic E-state index is 12.9. The molecule has 0 fully saturated rings. The quantitative estimate of drug-likeness (QED) is 0.607. The molecule has 0 spiro atoms. The van der Waals surface area contributed by atoms with E-state index in [1.165, 1.54) is 5.56 Å². The molecule has 1 aromatic heterocycles. The zero-order valence-corrected chi connectivity index (χ0v) is 15.7. The average molecular weight is 360 g/mol. The van der Waals surface area contributed by atoms with Gasteiger partial charge in [-0.15, -0.1) is 0 Å². The number of carbonyl (C=O) groups excluding carboxylic acids is 1. The first-order valence-corrected chi connectivity index (χ1v) is 9.11. The summed E-state index contributed by atoms with van der Waals surface area (Å²) in [5, 5.41) is 0. The van der Waals surface area contributed by atoms with E-state index in [0.29, 0.717) is 24.0 Å². The average Bonchev–Trinajstić information content (AvgIpc) is 2.72. The van der Waals surface area contributed by atoms with Crippen molar-refractivity contribution in [1.82, 2.24) is 4.98 Å². The zero-order chi connectivity index (χ0) is 19.1. The van der Waals surface area contributed by atoms with Crippen molar-refractivity contribution in [3.63, 3.8) is 0 Å². The molecule has 0 unspecified atom stereocenters. The van der Waals surface area contributed by atoms with Gasteiger partial charge >= 0.3 is 0 Å². The Balaban J connectivity index is 1.75. The van der Waals surface area contributed by atoms with Crippen molar-refractivity contribution in [1.29, 1.82) is 0 Å². The lowest BCUT2D eigenvalue weighted by molar-refractivity contribution is -0.120. The molecule has 2 aromatic carbocycles. The van der Waals surface area contributed by atoms with Crippen LogP contribution in [0.5, 0.6) is 5.75 Å². The molecular formula is C23H24N2O2. The second-order valence-electron chi connectivity index (χ2n) is 6.67. The Bertz CT molecular complexity index is 847. The summed E-state index contributed by atoms with van der Waals surface area (Å²) in [6.45, 7) is 4.75. The molecule has 0 aliphatic heterocycles. The molecular weight excluding hydrogens is 336 g/mol. The first-order valence-electron chi connectivity index (χ1n) is 9.11. The molecule has 0 saturated heterocycles. The van der Waals surface area contributed by atoms with E-state index in [0.717, 1.165) is 5.56 Å². The Morgan fingerprint density at radius 2 is 1.67 bits per heavy atom. The molecule has 1 amide bonds. The summed E-state index contributed by atoms with van der Waals surface area (Å²) in [7, 11) is 0. The Morgan fingerprint density at radius 3 is 2.30 bits per heavy atom. The van der Waals surface area contributed by atoms with Crippen molar-refractivity contribution >= 4 is 11.7 Å². The van der Waals surface area contributed by atoms with Crippen molar-refractivity contribution < 1.29 is 9.53 Å². The highest BCUT2D eigenvalue weighted by atomic mass is 16.5. The summed E-state index contributed by atoms with van der Waals surface area (Å²) in [6.07, 6.45) is 1.69. The molecule has 3 rings (SSSR count). The van der Waals surface area contributed by atoms with Crippen LogP contribution in [-0.2, 0) is 11.3 Å². The molecule has 3 aromatic rings. The molecule has 0 atom stereocenters. The van der Waals surface area contributed by atoms with E-state index in [2.05, 4.69) is 43.1 Å². The number of pyridine rings is 1. The summed E-state index contributed by atoms with van der Waals surface area (Å²) in [5.74, 6) is 1.64. The first kappa shape index (κ1) is 18.6. The molecule has 0 saturated carbocycles. The highest BCUT2D eigenvalue weighted by molar-refractivity contribution is 5.93. The Morgan fingerprint density at radius 1 is 0.963 bits per heavy atom. The number of carbonyl (C=O) groups is 1. The lowest BCUT2D eigenvalue weighted by Crippen LogP contribution is -2.35. The molecule has 0 radical (unpaired) electrons. The Labute approximate surface area is 160 Å². The molecule has 0 N–H and O–H groups in total. The Kier molecular flexibility index (Phi) is 6.21. The van der Waals surface area contributed by atoms with Gasteiger partial charge < -0.3 is 4.74 Å². The first-order chi connectivity index (χ1) is 13.1. The number of rotatable bonds is 7. The van der Waals surface area contributed by atoms with Crippen LogP contribution in [-0.4, -0.2) is 17.5 Å². The topological polar surface area (TPSA) is 42.4 Å². The van der Waals surface area contributed by atoms with Gasteiger partial charge in [-0.3, -0.25) is 9.69 Å². The number of benzene rings is 2. The molecule has 27 heavy (non-hydrogen) atoms. The number of anilines is 1. The van der Waals surface area contributed by atoms with Crippen molar-refractivity contribution in [2.45, 2.75) is 26.3 Å². The molecule has 4 heteroatoms. The van der Waals surface area contributed by atoms with Crippen molar-refractivity contribution in [3.05, 3.63) is 90.1 Å². The number of ether oxygens (including phenoxy) is 1. The number of amides is 1. The number of hydrogen-bond acceptors (Lipinski definition) is 3. The van der Waals surface area contributed by atoms with E-state index < -0.39 is 0 Å². The third-order valence-electron chi connectivity index (χ3n) is 4.32. The predicted octanol–water partition coefficient (Wildman–Crippen LogP) is 4.82. The third kappa shape index (κ3) is 5.17. The summed E-state index contributed by atoms with van der Waals surface area (Å²) in [6, 6.07) is 23.3. The smallest absolute Gasteiger partial charge is 0.266 e. The van der Waals surface area contributed by atoms with Crippen molar-refractivity contribution in [2.75, 3.05) is 11.5 Å². The molecule has 0 bridgehead atoms. The second-order valence-corrected chi connectivity index (χ2v) is 6.67.